The molecule has 1 aromatic carbocycles. The van der Waals surface area contributed by atoms with Crippen LogP contribution in [0.5, 0.6) is 11.5 Å². The zero-order chi connectivity index (χ0) is 18.7. The van der Waals surface area contributed by atoms with Gasteiger partial charge in [0.05, 0.1) is 0 Å². The van der Waals surface area contributed by atoms with E-state index in [2.05, 4.69) is 10.5 Å². The summed E-state index contributed by atoms with van der Waals surface area (Å²) in [5, 5.41) is 4.21. The molecule has 26 heavy (non-hydrogen) atoms. The zero-order valence-corrected chi connectivity index (χ0v) is 15.4. The smallest absolute Gasteiger partial charge is 0.284 e. The van der Waals surface area contributed by atoms with E-state index in [0.717, 1.165) is 5.71 Å². The third-order valence-electron chi connectivity index (χ3n) is 4.39. The summed E-state index contributed by atoms with van der Waals surface area (Å²) in [6.07, 6.45) is 0.594. The molecule has 1 aromatic rings. The molecule has 3 rings (SSSR count). The molecule has 0 saturated carbocycles. The van der Waals surface area contributed by atoms with Gasteiger partial charge >= 0.3 is 0 Å². The predicted molar refractivity (Wildman–Crippen MR) is 97.2 cm³/mol. The molecular weight excluding hydrogens is 334 g/mol. The van der Waals surface area contributed by atoms with E-state index in [0.29, 0.717) is 37.4 Å². The van der Waals surface area contributed by atoms with Gasteiger partial charge in [0.2, 0.25) is 12.0 Å². The molecule has 7 heteroatoms. The van der Waals surface area contributed by atoms with Crippen molar-refractivity contribution in [2.24, 2.45) is 10.5 Å². The van der Waals surface area contributed by atoms with E-state index in [4.69, 9.17) is 9.47 Å². The minimum absolute atomic E-state index is 0.145. The highest BCUT2D eigenvalue weighted by Gasteiger charge is 2.30. The number of nitrogens with zero attached hydrogens (tertiary/aromatic N) is 2. The second-order valence-corrected chi connectivity index (χ2v) is 7.56. The third kappa shape index (κ3) is 4.15. The van der Waals surface area contributed by atoms with Gasteiger partial charge in [-0.05, 0) is 12.1 Å². The summed E-state index contributed by atoms with van der Waals surface area (Å²) in [6.45, 7) is 7.17. The number of carbonyl (C=O) groups is 2. The highest BCUT2D eigenvalue weighted by Crippen LogP contribution is 2.30. The Labute approximate surface area is 153 Å². The number of hydrazone groups is 1. The van der Waals surface area contributed by atoms with Gasteiger partial charge < -0.3 is 14.4 Å². The molecule has 1 saturated heterocycles. The number of benzene rings is 1. The molecule has 2 aliphatic heterocycles. The first-order valence-corrected chi connectivity index (χ1v) is 8.88. The number of piperidine rings is 1. The SMILES string of the molecule is CC(C)(C)C(=O)N1CCC(=NNC(=O)[C@H]2COc3ccccc3O2)CC1. The van der Waals surface area contributed by atoms with E-state index in [1.165, 1.54) is 0 Å². The molecule has 0 bridgehead atoms. The van der Waals surface area contributed by atoms with E-state index in [9.17, 15) is 9.59 Å². The molecule has 0 aliphatic carbocycles. The van der Waals surface area contributed by atoms with Gasteiger partial charge in [0.15, 0.2) is 11.5 Å². The molecule has 1 N–H and O–H groups in total. The minimum atomic E-state index is -0.725. The Morgan fingerprint density at radius 2 is 1.81 bits per heavy atom. The number of fused-ring (bicyclic) bond motifs is 1. The molecular formula is C19H25N3O4. The lowest BCUT2D eigenvalue weighted by Crippen LogP contribution is -2.45. The van der Waals surface area contributed by atoms with Crippen molar-refractivity contribution in [1.29, 1.82) is 0 Å². The molecule has 2 aliphatic rings. The summed E-state index contributed by atoms with van der Waals surface area (Å²) < 4.78 is 11.2. The minimum Gasteiger partial charge on any atom is -0.485 e. The normalized spacial score (nSPS) is 19.7. The molecule has 0 aromatic heterocycles. The Kier molecular flexibility index (Phi) is 5.15. The first kappa shape index (κ1) is 18.2. The molecule has 0 spiro atoms. The van der Waals surface area contributed by atoms with Gasteiger partial charge in [-0.3, -0.25) is 9.59 Å². The lowest BCUT2D eigenvalue weighted by molar-refractivity contribution is -0.139. The molecule has 0 unspecified atom stereocenters. The van der Waals surface area contributed by atoms with Crippen LogP contribution in [0.3, 0.4) is 0 Å². The maximum Gasteiger partial charge on any atom is 0.284 e. The van der Waals surface area contributed by atoms with Crippen LogP contribution >= 0.6 is 0 Å². The maximum absolute atomic E-state index is 12.3. The van der Waals surface area contributed by atoms with Crippen molar-refractivity contribution in [1.82, 2.24) is 10.3 Å². The molecule has 7 nitrogen and oxygen atoms in total. The van der Waals surface area contributed by atoms with E-state index >= 15 is 0 Å². The second-order valence-electron chi connectivity index (χ2n) is 7.56. The number of hydrogen-bond donors (Lipinski definition) is 1. The van der Waals surface area contributed by atoms with Gasteiger partial charge in [-0.25, -0.2) is 5.43 Å². The number of hydrogen-bond acceptors (Lipinski definition) is 5. The van der Waals surface area contributed by atoms with E-state index in [1.54, 1.807) is 12.1 Å². The highest BCUT2D eigenvalue weighted by molar-refractivity contribution is 5.90. The summed E-state index contributed by atoms with van der Waals surface area (Å²) in [4.78, 5) is 26.4. The third-order valence-corrected chi connectivity index (χ3v) is 4.39. The van der Waals surface area contributed by atoms with Gasteiger partial charge in [-0.2, -0.15) is 5.10 Å². The summed E-state index contributed by atoms with van der Waals surface area (Å²) in [5.74, 6) is 1.01. The lowest BCUT2D eigenvalue weighted by atomic mass is 9.93. The van der Waals surface area contributed by atoms with E-state index in [1.807, 2.05) is 37.8 Å². The fourth-order valence-electron chi connectivity index (χ4n) is 2.91. The Morgan fingerprint density at radius 3 is 2.46 bits per heavy atom. The lowest BCUT2D eigenvalue weighted by Gasteiger charge is -2.32. The second kappa shape index (κ2) is 7.35. The molecule has 2 amide bonds. The van der Waals surface area contributed by atoms with Crippen molar-refractivity contribution in [3.05, 3.63) is 24.3 Å². The topological polar surface area (TPSA) is 80.2 Å². The van der Waals surface area contributed by atoms with Gasteiger partial charge in [-0.15, -0.1) is 0 Å². The standard InChI is InChI=1S/C19H25N3O4/c1-19(2,3)18(24)22-10-8-13(9-11-22)20-21-17(23)16-12-25-14-6-4-5-7-15(14)26-16/h4-7,16H,8-12H2,1-3H3,(H,21,23)/t16-/m1/s1. The fourth-order valence-corrected chi connectivity index (χ4v) is 2.91. The van der Waals surface area contributed by atoms with Crippen molar-refractivity contribution in [3.8, 4) is 11.5 Å². The van der Waals surface area contributed by atoms with Crippen LogP contribution in [0.1, 0.15) is 33.6 Å². The quantitative estimate of drug-likeness (QED) is 0.819. The molecule has 140 valence electrons. The Morgan fingerprint density at radius 1 is 1.15 bits per heavy atom. The van der Waals surface area contributed by atoms with Gasteiger partial charge in [0, 0.05) is 37.1 Å². The van der Waals surface area contributed by atoms with Crippen molar-refractivity contribution >= 4 is 17.5 Å². The first-order chi connectivity index (χ1) is 12.3. The predicted octanol–water partition coefficient (Wildman–Crippen LogP) is 1.97. The number of carbonyl (C=O) groups excluding carboxylic acids is 2. The number of para-hydroxylation sites is 2. The van der Waals surface area contributed by atoms with Crippen LogP contribution in [-0.2, 0) is 9.59 Å². The van der Waals surface area contributed by atoms with Crippen molar-refractivity contribution in [2.75, 3.05) is 19.7 Å². The summed E-state index contributed by atoms with van der Waals surface area (Å²) in [6, 6.07) is 7.25. The number of nitrogens with one attached hydrogen (secondary N) is 1. The monoisotopic (exact) mass is 359 g/mol. The van der Waals surface area contributed by atoms with Crippen LogP contribution in [0.4, 0.5) is 0 Å². The molecule has 2 heterocycles. The van der Waals surface area contributed by atoms with Crippen molar-refractivity contribution in [3.63, 3.8) is 0 Å². The van der Waals surface area contributed by atoms with Crippen LogP contribution in [-0.4, -0.2) is 48.2 Å². The maximum atomic E-state index is 12.3. The zero-order valence-electron chi connectivity index (χ0n) is 15.4. The average Bonchev–Trinajstić information content (AvgIpc) is 2.64. The van der Waals surface area contributed by atoms with E-state index in [-0.39, 0.29) is 23.8 Å². The van der Waals surface area contributed by atoms with Crippen LogP contribution in [0.25, 0.3) is 0 Å². The molecule has 1 atom stereocenters. The summed E-state index contributed by atoms with van der Waals surface area (Å²) >= 11 is 0. The van der Waals surface area contributed by atoms with Crippen LogP contribution in [0.15, 0.2) is 29.4 Å². The number of ether oxygens (including phenoxy) is 2. The van der Waals surface area contributed by atoms with Gasteiger partial charge in [0.25, 0.3) is 5.91 Å². The Hall–Kier alpha value is -2.57. The Bertz CT molecular complexity index is 714. The van der Waals surface area contributed by atoms with Crippen molar-refractivity contribution < 1.29 is 19.1 Å². The fraction of sp³-hybridized carbons (Fsp3) is 0.526. The molecule has 1 fully saturated rings. The van der Waals surface area contributed by atoms with Crippen LogP contribution < -0.4 is 14.9 Å². The van der Waals surface area contributed by atoms with Crippen LogP contribution in [0.2, 0.25) is 0 Å². The first-order valence-electron chi connectivity index (χ1n) is 8.88. The van der Waals surface area contributed by atoms with Gasteiger partial charge in [0.1, 0.15) is 6.61 Å². The Balaban J connectivity index is 1.50. The number of rotatable bonds is 2. The average molecular weight is 359 g/mol. The largest absolute Gasteiger partial charge is 0.485 e. The van der Waals surface area contributed by atoms with Gasteiger partial charge in [-0.1, -0.05) is 32.9 Å². The molecule has 0 radical (unpaired) electrons. The highest BCUT2D eigenvalue weighted by atomic mass is 16.6. The summed E-state index contributed by atoms with van der Waals surface area (Å²) in [5.41, 5.74) is 3.07. The number of amides is 2. The number of likely N-dealkylation sites (tertiary alicyclic amines) is 1. The van der Waals surface area contributed by atoms with E-state index < -0.39 is 6.10 Å². The van der Waals surface area contributed by atoms with Crippen molar-refractivity contribution in [2.45, 2.75) is 39.7 Å². The van der Waals surface area contributed by atoms with Crippen LogP contribution in [0, 0.1) is 5.41 Å². The summed E-state index contributed by atoms with van der Waals surface area (Å²) in [7, 11) is 0.